The average molecular weight is 627 g/mol. The first kappa shape index (κ1) is 28.6. The predicted molar refractivity (Wildman–Crippen MR) is 201 cm³/mol. The quantitative estimate of drug-likeness (QED) is 0.184. The zero-order chi connectivity index (χ0) is 32.6. The molecule has 7 aromatic carbocycles. The van der Waals surface area contributed by atoms with E-state index in [1.54, 1.807) is 0 Å². The Morgan fingerprint density at radius 2 is 0.776 bits per heavy atom. The smallest absolute Gasteiger partial charge is 0.164 e. The molecule has 2 aromatic heterocycles. The summed E-state index contributed by atoms with van der Waals surface area (Å²) in [6.07, 6.45) is 0. The van der Waals surface area contributed by atoms with E-state index < -0.39 is 0 Å². The van der Waals surface area contributed by atoms with Crippen molar-refractivity contribution in [3.63, 3.8) is 0 Å². The van der Waals surface area contributed by atoms with Crippen LogP contribution in [-0.4, -0.2) is 19.5 Å². The fraction of sp³-hybridized carbons (Fsp3) is 0. The Kier molecular flexibility index (Phi) is 7.10. The lowest BCUT2D eigenvalue weighted by Gasteiger charge is -2.15. The normalized spacial score (nSPS) is 11.3. The van der Waals surface area contributed by atoms with E-state index in [0.29, 0.717) is 17.5 Å². The second-order valence-electron chi connectivity index (χ2n) is 12.1. The largest absolute Gasteiger partial charge is 0.309 e. The molecule has 0 radical (unpaired) electrons. The van der Waals surface area contributed by atoms with Crippen LogP contribution in [0.25, 0.3) is 83.9 Å². The molecule has 49 heavy (non-hydrogen) atoms. The first-order valence-electron chi connectivity index (χ1n) is 16.5. The van der Waals surface area contributed by atoms with Gasteiger partial charge in [0.2, 0.25) is 0 Å². The molecule has 0 N–H and O–H groups in total. The van der Waals surface area contributed by atoms with Gasteiger partial charge in [0, 0.05) is 33.2 Å². The number of aromatic nitrogens is 4. The Morgan fingerprint density at radius 1 is 0.306 bits per heavy atom. The zero-order valence-electron chi connectivity index (χ0n) is 26.6. The molecule has 0 unspecified atom stereocenters. The van der Waals surface area contributed by atoms with Crippen molar-refractivity contribution in [3.05, 3.63) is 182 Å². The molecule has 0 atom stereocenters. The zero-order valence-corrected chi connectivity index (χ0v) is 26.6. The lowest BCUT2D eigenvalue weighted by molar-refractivity contribution is 1.07. The third kappa shape index (κ3) is 5.26. The van der Waals surface area contributed by atoms with Crippen molar-refractivity contribution in [1.29, 1.82) is 0 Å². The molecule has 4 nitrogen and oxygen atoms in total. The molecule has 0 fully saturated rings. The summed E-state index contributed by atoms with van der Waals surface area (Å²) < 4.78 is 2.37. The van der Waals surface area contributed by atoms with Crippen LogP contribution in [0.15, 0.2) is 182 Å². The van der Waals surface area contributed by atoms with E-state index >= 15 is 0 Å². The molecule has 0 aliphatic carbocycles. The van der Waals surface area contributed by atoms with Crippen LogP contribution in [0.1, 0.15) is 0 Å². The average Bonchev–Trinajstić information content (AvgIpc) is 3.53. The van der Waals surface area contributed by atoms with Crippen LogP contribution >= 0.6 is 0 Å². The van der Waals surface area contributed by atoms with Gasteiger partial charge in [-0.3, -0.25) is 0 Å². The number of para-hydroxylation sites is 2. The number of nitrogens with zero attached hydrogens (tertiary/aromatic N) is 4. The molecule has 9 rings (SSSR count). The van der Waals surface area contributed by atoms with Crippen LogP contribution < -0.4 is 0 Å². The van der Waals surface area contributed by atoms with Crippen molar-refractivity contribution in [2.75, 3.05) is 0 Å². The summed E-state index contributed by atoms with van der Waals surface area (Å²) in [5.74, 6) is 1.92. The minimum atomic E-state index is 0.632. The van der Waals surface area contributed by atoms with E-state index in [1.807, 2.05) is 60.7 Å². The van der Waals surface area contributed by atoms with E-state index in [4.69, 9.17) is 15.0 Å². The van der Waals surface area contributed by atoms with Crippen LogP contribution in [0.5, 0.6) is 0 Å². The molecule has 4 heteroatoms. The van der Waals surface area contributed by atoms with Gasteiger partial charge in [-0.1, -0.05) is 152 Å². The van der Waals surface area contributed by atoms with Gasteiger partial charge >= 0.3 is 0 Å². The molecule has 0 aliphatic rings. The highest BCUT2D eigenvalue weighted by Gasteiger charge is 2.17. The molecule has 0 spiro atoms. The van der Waals surface area contributed by atoms with Crippen molar-refractivity contribution in [2.45, 2.75) is 0 Å². The molecule has 0 aliphatic heterocycles. The number of rotatable bonds is 6. The summed E-state index contributed by atoms with van der Waals surface area (Å²) in [6, 6.07) is 63.4. The van der Waals surface area contributed by atoms with Gasteiger partial charge in [-0.2, -0.15) is 0 Å². The molecule has 230 valence electrons. The second-order valence-corrected chi connectivity index (χ2v) is 12.1. The Balaban J connectivity index is 1.25. The number of fused-ring (bicyclic) bond motifs is 3. The van der Waals surface area contributed by atoms with E-state index in [2.05, 4.69) is 126 Å². The van der Waals surface area contributed by atoms with Crippen LogP contribution in [-0.2, 0) is 0 Å². The van der Waals surface area contributed by atoms with Crippen LogP contribution in [0, 0.1) is 0 Å². The van der Waals surface area contributed by atoms with Gasteiger partial charge in [-0.05, 0) is 52.6 Å². The summed E-state index contributed by atoms with van der Waals surface area (Å²) in [7, 11) is 0. The Labute approximate surface area is 284 Å². The summed E-state index contributed by atoms with van der Waals surface area (Å²) in [4.78, 5) is 15.0. The highest BCUT2D eigenvalue weighted by Crippen LogP contribution is 2.38. The summed E-state index contributed by atoms with van der Waals surface area (Å²) in [5.41, 5.74) is 10.8. The topological polar surface area (TPSA) is 43.6 Å². The lowest BCUT2D eigenvalue weighted by atomic mass is 9.92. The van der Waals surface area contributed by atoms with Gasteiger partial charge < -0.3 is 4.57 Å². The molecular weight excluding hydrogens is 597 g/mol. The number of hydrogen-bond donors (Lipinski definition) is 0. The fourth-order valence-corrected chi connectivity index (χ4v) is 6.74. The Hall–Kier alpha value is -6.65. The van der Waals surface area contributed by atoms with Gasteiger partial charge in [0.05, 0.1) is 11.0 Å². The van der Waals surface area contributed by atoms with Gasteiger partial charge in [0.25, 0.3) is 0 Å². The maximum atomic E-state index is 5.04. The first-order valence-corrected chi connectivity index (χ1v) is 16.5. The third-order valence-electron chi connectivity index (χ3n) is 9.06. The SMILES string of the molecule is c1ccc(-c2nc(-c3ccccc3)nc(-c3ccc(-c4ccccc4)c(-c4cccc(-n5c6ccccc6c6ccccc65)c4)c3)n2)cc1. The summed E-state index contributed by atoms with van der Waals surface area (Å²) >= 11 is 0. The van der Waals surface area contributed by atoms with Crippen molar-refractivity contribution in [1.82, 2.24) is 19.5 Å². The maximum Gasteiger partial charge on any atom is 0.164 e. The molecule has 0 saturated carbocycles. The molecule has 0 amide bonds. The highest BCUT2D eigenvalue weighted by molar-refractivity contribution is 6.09. The van der Waals surface area contributed by atoms with Gasteiger partial charge in [-0.25, -0.2) is 15.0 Å². The predicted octanol–water partition coefficient (Wildman–Crippen LogP) is 11.3. The highest BCUT2D eigenvalue weighted by atomic mass is 15.0. The van der Waals surface area contributed by atoms with E-state index in [0.717, 1.165) is 44.6 Å². The second kappa shape index (κ2) is 12.2. The van der Waals surface area contributed by atoms with Crippen LogP contribution in [0.4, 0.5) is 0 Å². The molecule has 0 saturated heterocycles. The number of benzene rings is 7. The Morgan fingerprint density at radius 3 is 1.35 bits per heavy atom. The van der Waals surface area contributed by atoms with Crippen LogP contribution in [0.2, 0.25) is 0 Å². The molecule has 2 heterocycles. The van der Waals surface area contributed by atoms with E-state index in [1.165, 1.54) is 21.8 Å². The third-order valence-corrected chi connectivity index (χ3v) is 9.06. The summed E-state index contributed by atoms with van der Waals surface area (Å²) in [6.45, 7) is 0. The van der Waals surface area contributed by atoms with Gasteiger partial charge in [-0.15, -0.1) is 0 Å². The van der Waals surface area contributed by atoms with Gasteiger partial charge in [0.15, 0.2) is 17.5 Å². The molecule has 0 bridgehead atoms. The molecule has 9 aromatic rings. The molecular formula is C45H30N4. The van der Waals surface area contributed by atoms with E-state index in [9.17, 15) is 0 Å². The summed E-state index contributed by atoms with van der Waals surface area (Å²) in [5, 5.41) is 2.49. The standard InChI is InChI=1S/C45H30N4/c1-4-15-31(16-5-1)37-28-27-35(45-47-43(32-17-6-2-7-18-32)46-44(48-45)33-19-8-3-9-20-33)30-40(37)34-21-14-22-36(29-34)49-41-25-12-10-23-38(41)39-24-11-13-26-42(39)49/h1-30H. The lowest BCUT2D eigenvalue weighted by Crippen LogP contribution is -2.00. The first-order chi connectivity index (χ1) is 24.3. The Bertz CT molecular complexity index is 2480. The minimum Gasteiger partial charge on any atom is -0.309 e. The van der Waals surface area contributed by atoms with Crippen molar-refractivity contribution in [2.24, 2.45) is 0 Å². The fourth-order valence-electron chi connectivity index (χ4n) is 6.74. The number of hydrogen-bond acceptors (Lipinski definition) is 3. The van der Waals surface area contributed by atoms with Crippen molar-refractivity contribution in [3.8, 4) is 62.1 Å². The van der Waals surface area contributed by atoms with E-state index in [-0.39, 0.29) is 0 Å². The van der Waals surface area contributed by atoms with Crippen molar-refractivity contribution >= 4 is 21.8 Å². The monoisotopic (exact) mass is 626 g/mol. The van der Waals surface area contributed by atoms with Crippen LogP contribution in [0.3, 0.4) is 0 Å². The minimum absolute atomic E-state index is 0.632. The maximum absolute atomic E-state index is 5.04. The van der Waals surface area contributed by atoms with Crippen molar-refractivity contribution < 1.29 is 0 Å². The van der Waals surface area contributed by atoms with Gasteiger partial charge in [0.1, 0.15) is 0 Å².